The Morgan fingerprint density at radius 1 is 1.13 bits per heavy atom. The zero-order chi connectivity index (χ0) is 21.5. The second-order valence-corrected chi connectivity index (χ2v) is 9.78. The number of nitrogens with zero attached hydrogens (tertiary/aromatic N) is 5. The van der Waals surface area contributed by atoms with E-state index in [-0.39, 0.29) is 0 Å². The van der Waals surface area contributed by atoms with Crippen LogP contribution in [-0.4, -0.2) is 54.9 Å². The van der Waals surface area contributed by atoms with E-state index in [0.29, 0.717) is 0 Å². The lowest BCUT2D eigenvalue weighted by Crippen LogP contribution is -2.29. The third-order valence-electron chi connectivity index (χ3n) is 6.29. The Balaban J connectivity index is 1.63. The molecule has 0 aliphatic heterocycles. The van der Waals surface area contributed by atoms with Crippen LogP contribution in [0.4, 0.5) is 11.5 Å². The number of hydrogen-bond donors (Lipinski definition) is 0. The van der Waals surface area contributed by atoms with Crippen molar-refractivity contribution in [3.05, 3.63) is 30.6 Å². The van der Waals surface area contributed by atoms with Gasteiger partial charge < -0.3 is 14.5 Å². The van der Waals surface area contributed by atoms with Crippen LogP contribution in [0.2, 0.25) is 0 Å². The number of methoxy groups -OCH3 is 1. The fraction of sp³-hybridized carbons (Fsp3) is 0.500. The number of aromatic nitrogens is 3. The first-order valence-corrected chi connectivity index (χ1v) is 12.3. The predicted molar refractivity (Wildman–Crippen MR) is 129 cm³/mol. The predicted octanol–water partition coefficient (Wildman–Crippen LogP) is 4.82. The van der Waals surface area contributed by atoms with Crippen molar-refractivity contribution in [3.63, 3.8) is 0 Å². The van der Waals surface area contributed by atoms with E-state index in [1.54, 1.807) is 18.9 Å². The van der Waals surface area contributed by atoms with Gasteiger partial charge in [0, 0.05) is 56.9 Å². The van der Waals surface area contributed by atoms with E-state index >= 15 is 0 Å². The smallest absolute Gasteiger partial charge is 0.166 e. The summed E-state index contributed by atoms with van der Waals surface area (Å²) >= 11 is 1.73. The maximum absolute atomic E-state index is 5.75. The molecule has 2 aliphatic rings. The summed E-state index contributed by atoms with van der Waals surface area (Å²) in [6.45, 7) is 2.27. The summed E-state index contributed by atoms with van der Waals surface area (Å²) in [5.74, 6) is 3.71. The van der Waals surface area contributed by atoms with Gasteiger partial charge in [0.15, 0.2) is 5.65 Å². The Morgan fingerprint density at radius 3 is 2.42 bits per heavy atom. The number of rotatable bonds is 9. The third-order valence-corrected chi connectivity index (χ3v) is 6.95. The van der Waals surface area contributed by atoms with Gasteiger partial charge in [-0.15, -0.1) is 11.8 Å². The summed E-state index contributed by atoms with van der Waals surface area (Å²) in [6.07, 6.45) is 11.5. The molecular formula is C24H31N5OS. The zero-order valence-corrected chi connectivity index (χ0v) is 19.7. The zero-order valence-electron chi connectivity index (χ0n) is 18.8. The number of ether oxygens (including phenoxy) is 1. The molecule has 0 amide bonds. The van der Waals surface area contributed by atoms with Crippen molar-refractivity contribution in [2.45, 2.75) is 30.7 Å². The van der Waals surface area contributed by atoms with Crippen LogP contribution in [0.15, 0.2) is 35.6 Å². The molecule has 2 fully saturated rings. The van der Waals surface area contributed by atoms with Gasteiger partial charge in [0.25, 0.3) is 0 Å². The normalized spacial score (nSPS) is 16.0. The minimum Gasteiger partial charge on any atom is -0.496 e. The lowest BCUT2D eigenvalue weighted by atomic mass is 10.1. The van der Waals surface area contributed by atoms with Gasteiger partial charge in [-0.3, -0.25) is 9.38 Å². The van der Waals surface area contributed by atoms with Gasteiger partial charge in [-0.2, -0.15) is 0 Å². The SMILES string of the molecule is COc1cc(N(C)C)ccc1-c1nccn2c(N(CC3CC3)CC3CC3)c(SC)nc12. The highest BCUT2D eigenvalue weighted by Crippen LogP contribution is 2.41. The Morgan fingerprint density at radius 2 is 1.84 bits per heavy atom. The number of hydrogen-bond acceptors (Lipinski definition) is 6. The molecule has 0 atom stereocenters. The lowest BCUT2D eigenvalue weighted by Gasteiger charge is -2.25. The molecule has 2 saturated carbocycles. The average molecular weight is 438 g/mol. The van der Waals surface area contributed by atoms with Crippen LogP contribution in [0.3, 0.4) is 0 Å². The van der Waals surface area contributed by atoms with Gasteiger partial charge in [-0.1, -0.05) is 0 Å². The van der Waals surface area contributed by atoms with Crippen LogP contribution in [0.25, 0.3) is 16.9 Å². The Bertz CT molecular complexity index is 1070. The van der Waals surface area contributed by atoms with E-state index in [9.17, 15) is 0 Å². The number of fused-ring (bicyclic) bond motifs is 1. The first-order valence-electron chi connectivity index (χ1n) is 11.1. The summed E-state index contributed by atoms with van der Waals surface area (Å²) in [5, 5.41) is 1.08. The summed E-state index contributed by atoms with van der Waals surface area (Å²) in [6, 6.07) is 6.26. The molecule has 0 bridgehead atoms. The molecule has 3 aromatic rings. The first kappa shape index (κ1) is 20.5. The molecule has 6 nitrogen and oxygen atoms in total. The third kappa shape index (κ3) is 4.07. The van der Waals surface area contributed by atoms with E-state index in [4.69, 9.17) is 14.7 Å². The summed E-state index contributed by atoms with van der Waals surface area (Å²) in [5.41, 5.74) is 3.83. The molecule has 0 saturated heterocycles. The van der Waals surface area contributed by atoms with Crippen molar-refractivity contribution < 1.29 is 4.74 Å². The largest absolute Gasteiger partial charge is 0.496 e. The number of thioether (sulfide) groups is 1. The molecule has 7 heteroatoms. The van der Waals surface area contributed by atoms with Crippen molar-refractivity contribution in [2.24, 2.45) is 11.8 Å². The Labute approximate surface area is 188 Å². The molecule has 2 aliphatic carbocycles. The van der Waals surface area contributed by atoms with Crippen molar-refractivity contribution >= 4 is 28.9 Å². The molecule has 1 aromatic carbocycles. The highest BCUT2D eigenvalue weighted by atomic mass is 32.2. The van der Waals surface area contributed by atoms with Crippen molar-refractivity contribution in [1.82, 2.24) is 14.4 Å². The summed E-state index contributed by atoms with van der Waals surface area (Å²) in [4.78, 5) is 14.5. The van der Waals surface area contributed by atoms with Gasteiger partial charge >= 0.3 is 0 Å². The van der Waals surface area contributed by atoms with Gasteiger partial charge in [-0.05, 0) is 55.9 Å². The fourth-order valence-corrected chi connectivity index (χ4v) is 4.77. The maximum atomic E-state index is 5.75. The molecule has 0 radical (unpaired) electrons. The summed E-state index contributed by atoms with van der Waals surface area (Å²) in [7, 11) is 5.79. The highest BCUT2D eigenvalue weighted by molar-refractivity contribution is 7.98. The quantitative estimate of drug-likeness (QED) is 0.447. The van der Waals surface area contributed by atoms with Gasteiger partial charge in [0.1, 0.15) is 22.3 Å². The van der Waals surface area contributed by atoms with Crippen molar-refractivity contribution in [3.8, 4) is 17.0 Å². The molecule has 0 spiro atoms. The minimum atomic E-state index is 0.815. The van der Waals surface area contributed by atoms with E-state index in [2.05, 4.69) is 44.9 Å². The maximum Gasteiger partial charge on any atom is 0.166 e. The number of imidazole rings is 1. The molecule has 2 heterocycles. The average Bonchev–Trinajstić information content (AvgIpc) is 3.71. The Hall–Kier alpha value is -2.41. The van der Waals surface area contributed by atoms with Crippen molar-refractivity contribution in [1.29, 1.82) is 0 Å². The van der Waals surface area contributed by atoms with Gasteiger partial charge in [-0.25, -0.2) is 4.98 Å². The topological polar surface area (TPSA) is 45.9 Å². The van der Waals surface area contributed by atoms with Crippen LogP contribution in [0, 0.1) is 11.8 Å². The highest BCUT2D eigenvalue weighted by Gasteiger charge is 2.32. The minimum absolute atomic E-state index is 0.815. The molecule has 31 heavy (non-hydrogen) atoms. The summed E-state index contributed by atoms with van der Waals surface area (Å²) < 4.78 is 8.00. The van der Waals surface area contributed by atoms with Crippen molar-refractivity contribution in [2.75, 3.05) is 50.4 Å². The standard InChI is InChI=1S/C24H31N5OS/c1-27(2)18-9-10-19(20(13-18)30-3)21-22-26-23(31-4)24(29(22)12-11-25-21)28(14-16-5-6-16)15-17-7-8-17/h9-13,16-17H,5-8,14-15H2,1-4H3. The van der Waals surface area contributed by atoms with Crippen LogP contribution < -0.4 is 14.5 Å². The second-order valence-electron chi connectivity index (χ2n) is 8.98. The molecule has 0 unspecified atom stereocenters. The monoisotopic (exact) mass is 437 g/mol. The van der Waals surface area contributed by atoms with E-state index in [1.165, 1.54) is 31.5 Å². The van der Waals surface area contributed by atoms with E-state index in [0.717, 1.165) is 58.3 Å². The van der Waals surface area contributed by atoms with Gasteiger partial charge in [0.2, 0.25) is 0 Å². The van der Waals surface area contributed by atoms with Crippen LogP contribution in [-0.2, 0) is 0 Å². The molecule has 164 valence electrons. The number of anilines is 2. The molecule has 2 aromatic heterocycles. The number of benzene rings is 1. The fourth-order valence-electron chi connectivity index (χ4n) is 4.18. The van der Waals surface area contributed by atoms with Crippen LogP contribution >= 0.6 is 11.8 Å². The first-order chi connectivity index (χ1) is 15.1. The van der Waals surface area contributed by atoms with Crippen LogP contribution in [0.1, 0.15) is 25.7 Å². The van der Waals surface area contributed by atoms with E-state index < -0.39 is 0 Å². The Kier molecular flexibility index (Phi) is 5.46. The molecular weight excluding hydrogens is 406 g/mol. The second kappa shape index (κ2) is 8.26. The molecule has 5 rings (SSSR count). The van der Waals surface area contributed by atoms with Gasteiger partial charge in [0.05, 0.1) is 7.11 Å². The van der Waals surface area contributed by atoms with E-state index in [1.807, 2.05) is 20.3 Å². The van der Waals surface area contributed by atoms with Crippen LogP contribution in [0.5, 0.6) is 5.75 Å². The lowest BCUT2D eigenvalue weighted by molar-refractivity contribution is 0.416. The molecule has 0 N–H and O–H groups in total.